The number of rotatable bonds is 12. The maximum Gasteiger partial charge on any atom is 0.267 e. The second-order valence-electron chi connectivity index (χ2n) is 20.2. The number of hydrogen-bond acceptors (Lipinski definition) is 12. The summed E-state index contributed by atoms with van der Waals surface area (Å²) in [5.74, 6) is 0.730. The first-order chi connectivity index (χ1) is 36.7. The molecule has 0 atom stereocenters. The van der Waals surface area contributed by atoms with Crippen LogP contribution in [0.3, 0.4) is 0 Å². The number of oxime groups is 1. The van der Waals surface area contributed by atoms with Gasteiger partial charge in [0, 0.05) is 107 Å². The fourth-order valence-electron chi connectivity index (χ4n) is 11.2. The van der Waals surface area contributed by atoms with Gasteiger partial charge in [-0.2, -0.15) is 0 Å². The maximum atomic E-state index is 13.3. The van der Waals surface area contributed by atoms with Crippen molar-refractivity contribution in [2.45, 2.75) is 79.3 Å². The molecule has 2 aromatic heterocycles. The number of nitrogens with two attached hydrogens (primary N) is 1. The fraction of sp³-hybridized carbons (Fsp3) is 0.424. The summed E-state index contributed by atoms with van der Waals surface area (Å²) >= 11 is 24.6. The van der Waals surface area contributed by atoms with Crippen molar-refractivity contribution >= 4 is 93.2 Å². The Balaban J connectivity index is 0.000000225. The first-order valence-electron chi connectivity index (χ1n) is 25.9. The van der Waals surface area contributed by atoms with E-state index in [1.54, 1.807) is 74.1 Å². The Morgan fingerprint density at radius 1 is 0.564 bits per heavy atom. The predicted octanol–water partition coefficient (Wildman–Crippen LogP) is 11.3. The molecule has 0 saturated carbocycles. The van der Waals surface area contributed by atoms with Gasteiger partial charge >= 0.3 is 0 Å². The van der Waals surface area contributed by atoms with Crippen LogP contribution in [0.15, 0.2) is 102 Å². The zero-order chi connectivity index (χ0) is 53.5. The number of anilines is 2. The molecule has 4 amide bonds. The monoisotopic (exact) mass is 1140 g/mol. The highest BCUT2D eigenvalue weighted by Gasteiger charge is 2.38. The van der Waals surface area contributed by atoms with E-state index in [1.807, 2.05) is 40.1 Å². The summed E-state index contributed by atoms with van der Waals surface area (Å²) in [4.78, 5) is 88.5. The zero-order valence-corrected chi connectivity index (χ0v) is 45.4. The average Bonchev–Trinajstić information content (AvgIpc) is 3.71. The molecule has 5 aliphatic rings. The minimum atomic E-state index is -0.359. The third-order valence-electron chi connectivity index (χ3n) is 15.2. The van der Waals surface area contributed by atoms with Crippen LogP contribution in [-0.4, -0.2) is 124 Å². The largest absolute Gasteiger partial charge is 0.399 e. The van der Waals surface area contributed by atoms with Gasteiger partial charge in [0.05, 0.1) is 16.8 Å². The molecule has 19 heteroatoms. The lowest BCUT2D eigenvalue weighted by molar-refractivity contribution is -0.139. The van der Waals surface area contributed by atoms with Gasteiger partial charge in [-0.3, -0.25) is 33.8 Å². The van der Waals surface area contributed by atoms with Crippen molar-refractivity contribution in [3.8, 4) is 0 Å². The highest BCUT2D eigenvalue weighted by Crippen LogP contribution is 2.33. The fourth-order valence-corrected chi connectivity index (χ4v) is 12.3. The zero-order valence-electron chi connectivity index (χ0n) is 42.4. The molecule has 4 saturated heterocycles. The van der Waals surface area contributed by atoms with E-state index < -0.39 is 0 Å². The Hall–Kier alpha value is -5.94. The molecule has 0 radical (unpaired) electrons. The van der Waals surface area contributed by atoms with E-state index in [9.17, 15) is 24.0 Å². The van der Waals surface area contributed by atoms with Crippen molar-refractivity contribution in [2.24, 2.45) is 28.8 Å². The second kappa shape index (κ2) is 27.3. The summed E-state index contributed by atoms with van der Waals surface area (Å²) in [7, 11) is 1.54. The summed E-state index contributed by atoms with van der Waals surface area (Å²) in [5.41, 5.74) is 10.9. The Bertz CT molecular complexity index is 2910. The lowest BCUT2D eigenvalue weighted by Gasteiger charge is -2.37. The molecule has 5 aliphatic heterocycles. The number of fused-ring (bicyclic) bond motifs is 1. The highest BCUT2D eigenvalue weighted by atomic mass is 35.5. The quantitative estimate of drug-likeness (QED) is 0.0545. The number of piperidine rings is 4. The molecule has 78 heavy (non-hydrogen) atoms. The number of nitrogen functional groups attached to an aromatic ring is 1. The van der Waals surface area contributed by atoms with E-state index in [4.69, 9.17) is 57.0 Å². The summed E-state index contributed by atoms with van der Waals surface area (Å²) in [6.07, 6.45) is 9.59. The van der Waals surface area contributed by atoms with Gasteiger partial charge in [-0.1, -0.05) is 78.5 Å². The third kappa shape index (κ3) is 14.5. The van der Waals surface area contributed by atoms with Gasteiger partial charge in [0.15, 0.2) is 5.78 Å². The minimum absolute atomic E-state index is 0. The van der Waals surface area contributed by atoms with Gasteiger partial charge in [0.1, 0.15) is 18.7 Å². The number of benzene rings is 3. The van der Waals surface area contributed by atoms with Gasteiger partial charge < -0.3 is 20.4 Å². The third-order valence-corrected chi connectivity index (χ3v) is 16.1. The van der Waals surface area contributed by atoms with Crippen LogP contribution in [-0.2, 0) is 27.5 Å². The number of hydrogen-bond donors (Lipinski definition) is 1. The molecule has 0 bridgehead atoms. The molecule has 10 rings (SSSR count). The molecule has 3 aromatic carbocycles. The molecule has 2 N–H and O–H groups in total. The number of ketones is 1. The van der Waals surface area contributed by atoms with Crippen LogP contribution in [0.1, 0.15) is 114 Å². The maximum absolute atomic E-state index is 13.3. The van der Waals surface area contributed by atoms with Crippen LogP contribution >= 0.6 is 46.4 Å². The number of Topliss-reactive ketones (excluding diaryl/α,β-unsaturated/α-hetero) is 1. The Morgan fingerprint density at radius 3 is 1.45 bits per heavy atom. The first kappa shape index (κ1) is 59.7. The molecule has 0 unspecified atom stereocenters. The van der Waals surface area contributed by atoms with Gasteiger partial charge in [-0.15, -0.1) is 0 Å². The van der Waals surface area contributed by atoms with Gasteiger partial charge in [-0.05, 0) is 161 Å². The average molecular weight is 1140 g/mol. The number of likely N-dealkylation sites (tertiary alicyclic amines) is 4. The van der Waals surface area contributed by atoms with Crippen LogP contribution < -0.4 is 10.6 Å². The van der Waals surface area contributed by atoms with Crippen molar-refractivity contribution in [3.63, 3.8) is 0 Å². The van der Waals surface area contributed by atoms with Crippen molar-refractivity contribution in [1.82, 2.24) is 29.6 Å². The Kier molecular flexibility index (Phi) is 20.9. The number of amides is 4. The Morgan fingerprint density at radius 2 is 0.987 bits per heavy atom. The van der Waals surface area contributed by atoms with E-state index in [1.165, 1.54) is 0 Å². The highest BCUT2D eigenvalue weighted by molar-refractivity contribution is 6.36. The molecule has 0 aliphatic carbocycles. The van der Waals surface area contributed by atoms with Crippen molar-refractivity contribution < 1.29 is 28.8 Å². The minimum Gasteiger partial charge on any atom is -0.399 e. The van der Waals surface area contributed by atoms with Crippen LogP contribution in [0, 0.1) is 23.7 Å². The summed E-state index contributed by atoms with van der Waals surface area (Å²) in [5, 5.41) is 6.30. The summed E-state index contributed by atoms with van der Waals surface area (Å²) in [6, 6.07) is 24.7. The van der Waals surface area contributed by atoms with E-state index >= 15 is 0 Å². The Labute approximate surface area is 478 Å². The number of nitrogens with zero attached hydrogens (tertiary/aromatic N) is 8. The second-order valence-corrected chi connectivity index (χ2v) is 22.0. The summed E-state index contributed by atoms with van der Waals surface area (Å²) < 4.78 is 0. The molecular formula is C59H69Cl4N9O6. The number of carbonyl (C=O) groups is 5. The molecule has 0 spiro atoms. The molecular weight excluding hydrogens is 1070 g/mol. The smallest absolute Gasteiger partial charge is 0.267 e. The van der Waals surface area contributed by atoms with E-state index in [2.05, 4.69) is 24.9 Å². The molecule has 15 nitrogen and oxygen atoms in total. The van der Waals surface area contributed by atoms with E-state index in [0.29, 0.717) is 80.9 Å². The van der Waals surface area contributed by atoms with E-state index in [0.717, 1.165) is 112 Å². The van der Waals surface area contributed by atoms with Crippen LogP contribution in [0.4, 0.5) is 11.6 Å². The number of aromatic nitrogens is 2. The van der Waals surface area contributed by atoms with Crippen molar-refractivity contribution in [3.05, 3.63) is 151 Å². The van der Waals surface area contributed by atoms with Gasteiger partial charge in [0.2, 0.25) is 11.8 Å². The van der Waals surface area contributed by atoms with Gasteiger partial charge in [0.25, 0.3) is 11.8 Å². The standard InChI is InChI=1S/C32H30Cl2N4O4.C25H31Cl2N5O2.2CH4/c33-24-16-23(17-25(34)18-24)29(39)21-8-13-37(14-9-21)30(40)22-6-11-36(12-7-22)19-20-5-10-35-28(15-20)38-31(41)26-3-1-2-4-27(26)32(38)42;1-34-30-24(20-13-21(26)15-22(27)14-20)18-5-10-32(11-6-18)25(33)19-3-8-31(9-4-19)16-17-2-7-29-23(28)12-17;;/h1-5,10,15-18,21-22H,6-9,11-14,19H2;2,7,12-15,18-19H,3-6,8-11,16H2,1H3,(H2,28,29);2*1H4. The SMILES string of the molecule is C.C.CON=C(c1cc(Cl)cc(Cl)c1)C1CCN(C(=O)C2CCN(Cc3ccnc(N)c3)CC2)CC1.O=C(c1cc(Cl)cc(Cl)c1)C1CCN(C(=O)C2CCN(Cc3ccnc(N4C(=O)c5ccccc5C4=O)c3)CC2)CC1. The van der Waals surface area contributed by atoms with Crippen LogP contribution in [0.5, 0.6) is 0 Å². The van der Waals surface area contributed by atoms with E-state index in [-0.39, 0.29) is 67.9 Å². The lowest BCUT2D eigenvalue weighted by Crippen LogP contribution is -2.46. The normalized spacial score (nSPS) is 18.1. The number of pyridine rings is 2. The predicted molar refractivity (Wildman–Crippen MR) is 309 cm³/mol. The van der Waals surface area contributed by atoms with Crippen LogP contribution in [0.2, 0.25) is 20.1 Å². The molecule has 4 fully saturated rings. The molecule has 5 aromatic rings. The summed E-state index contributed by atoms with van der Waals surface area (Å²) in [6.45, 7) is 7.42. The molecule has 7 heterocycles. The van der Waals surface area contributed by atoms with Crippen molar-refractivity contribution in [2.75, 3.05) is 70.1 Å². The van der Waals surface area contributed by atoms with Crippen LogP contribution in [0.25, 0.3) is 0 Å². The number of halogens is 4. The molecule has 414 valence electrons. The first-order valence-corrected chi connectivity index (χ1v) is 27.5. The van der Waals surface area contributed by atoms with Gasteiger partial charge in [-0.25, -0.2) is 14.9 Å². The number of imide groups is 1. The topological polar surface area (TPSA) is 175 Å². The van der Waals surface area contributed by atoms with Crippen molar-refractivity contribution in [1.29, 1.82) is 0 Å². The number of carbonyl (C=O) groups excluding carboxylic acids is 5. The lowest BCUT2D eigenvalue weighted by atomic mass is 9.87.